The van der Waals surface area contributed by atoms with Gasteiger partial charge in [0, 0.05) is 25.6 Å². The lowest BCUT2D eigenvalue weighted by molar-refractivity contribution is -0.117. The summed E-state index contributed by atoms with van der Waals surface area (Å²) in [6.45, 7) is 1.85. The smallest absolute Gasteiger partial charge is 0.228 e. The number of halogens is 2. The van der Waals surface area contributed by atoms with Gasteiger partial charge in [0.1, 0.15) is 0 Å². The van der Waals surface area contributed by atoms with Crippen molar-refractivity contribution in [3.05, 3.63) is 23.2 Å². The molecular weight excluding hydrogens is 275 g/mol. The number of amides is 2. The maximum absolute atomic E-state index is 11.8. The minimum Gasteiger partial charge on any atom is -0.326 e. The fourth-order valence-corrected chi connectivity index (χ4v) is 2.39. The molecule has 1 aromatic rings. The van der Waals surface area contributed by atoms with E-state index in [1.54, 1.807) is 23.1 Å². The summed E-state index contributed by atoms with van der Waals surface area (Å²) in [4.78, 5) is 24.3. The molecule has 1 heterocycles. The Kier molecular flexibility index (Phi) is 3.78. The van der Waals surface area contributed by atoms with Crippen LogP contribution in [0.5, 0.6) is 0 Å². The average Bonchev–Trinajstić information content (AvgIpc) is 2.60. The normalized spacial score (nSPS) is 19.2. The van der Waals surface area contributed by atoms with Crippen molar-refractivity contribution in [3.63, 3.8) is 0 Å². The largest absolute Gasteiger partial charge is 0.326 e. The third-order valence-electron chi connectivity index (χ3n) is 2.64. The zero-order valence-corrected chi connectivity index (χ0v) is 11.3. The SMILES string of the molecule is CC(=O)Nc1ccc(Cl)c(N2CC(Cl)CC2=O)c1. The van der Waals surface area contributed by atoms with Crippen LogP contribution in [0, 0.1) is 0 Å². The predicted molar refractivity (Wildman–Crippen MR) is 72.4 cm³/mol. The van der Waals surface area contributed by atoms with Gasteiger partial charge in [-0.05, 0) is 18.2 Å². The summed E-state index contributed by atoms with van der Waals surface area (Å²) in [5, 5.41) is 2.92. The Morgan fingerprint density at radius 1 is 1.50 bits per heavy atom. The van der Waals surface area contributed by atoms with Crippen LogP contribution in [-0.4, -0.2) is 23.7 Å². The first kappa shape index (κ1) is 13.2. The number of anilines is 2. The van der Waals surface area contributed by atoms with Gasteiger partial charge in [0.2, 0.25) is 11.8 Å². The van der Waals surface area contributed by atoms with Crippen molar-refractivity contribution >= 4 is 46.4 Å². The number of rotatable bonds is 2. The molecule has 18 heavy (non-hydrogen) atoms. The second-order valence-electron chi connectivity index (χ2n) is 4.15. The number of carbonyl (C=O) groups is 2. The average molecular weight is 287 g/mol. The van der Waals surface area contributed by atoms with Crippen LogP contribution in [-0.2, 0) is 9.59 Å². The molecular formula is C12H12Cl2N2O2. The summed E-state index contributed by atoms with van der Waals surface area (Å²) in [6.07, 6.45) is 0.308. The van der Waals surface area contributed by atoms with Gasteiger partial charge in [-0.3, -0.25) is 9.59 Å². The molecule has 0 bridgehead atoms. The number of hydrogen-bond donors (Lipinski definition) is 1. The number of nitrogens with zero attached hydrogens (tertiary/aromatic N) is 1. The second-order valence-corrected chi connectivity index (χ2v) is 5.18. The lowest BCUT2D eigenvalue weighted by Crippen LogP contribution is -2.25. The summed E-state index contributed by atoms with van der Waals surface area (Å²) in [5.74, 6) is -0.233. The van der Waals surface area contributed by atoms with E-state index in [2.05, 4.69) is 5.32 Å². The number of alkyl halides is 1. The predicted octanol–water partition coefficient (Wildman–Crippen LogP) is 2.64. The maximum atomic E-state index is 11.8. The van der Waals surface area contributed by atoms with Crippen LogP contribution in [0.15, 0.2) is 18.2 Å². The summed E-state index contributed by atoms with van der Waals surface area (Å²) in [6, 6.07) is 5.01. The zero-order valence-electron chi connectivity index (χ0n) is 9.74. The van der Waals surface area contributed by atoms with E-state index in [0.717, 1.165) is 0 Å². The molecule has 6 heteroatoms. The summed E-state index contributed by atoms with van der Waals surface area (Å²) < 4.78 is 0. The molecule has 1 saturated heterocycles. The summed E-state index contributed by atoms with van der Waals surface area (Å²) in [5.41, 5.74) is 1.18. The number of hydrogen-bond acceptors (Lipinski definition) is 2. The highest BCUT2D eigenvalue weighted by Crippen LogP contribution is 2.33. The molecule has 96 valence electrons. The number of nitrogens with one attached hydrogen (secondary N) is 1. The van der Waals surface area contributed by atoms with Crippen LogP contribution in [0.3, 0.4) is 0 Å². The Hall–Kier alpha value is -1.26. The van der Waals surface area contributed by atoms with Crippen molar-refractivity contribution < 1.29 is 9.59 Å². The number of carbonyl (C=O) groups excluding carboxylic acids is 2. The molecule has 0 aromatic heterocycles. The standard InChI is InChI=1S/C12H12Cl2N2O2/c1-7(17)15-9-2-3-10(14)11(5-9)16-6-8(13)4-12(16)18/h2-3,5,8H,4,6H2,1H3,(H,15,17). The molecule has 1 aliphatic rings. The minimum atomic E-state index is -0.196. The molecule has 1 fully saturated rings. The van der Waals surface area contributed by atoms with E-state index < -0.39 is 0 Å². The van der Waals surface area contributed by atoms with E-state index in [9.17, 15) is 9.59 Å². The van der Waals surface area contributed by atoms with E-state index in [1.165, 1.54) is 6.92 Å². The summed E-state index contributed by atoms with van der Waals surface area (Å²) in [7, 11) is 0. The van der Waals surface area contributed by atoms with Crippen LogP contribution in [0.25, 0.3) is 0 Å². The first-order valence-corrected chi connectivity index (χ1v) is 6.30. The van der Waals surface area contributed by atoms with Gasteiger partial charge in [0.05, 0.1) is 16.1 Å². The fraction of sp³-hybridized carbons (Fsp3) is 0.333. The van der Waals surface area contributed by atoms with E-state index in [1.807, 2.05) is 0 Å². The van der Waals surface area contributed by atoms with Crippen LogP contribution in [0.4, 0.5) is 11.4 Å². The first-order chi connectivity index (χ1) is 8.47. The molecule has 1 N–H and O–H groups in total. The lowest BCUT2D eigenvalue weighted by atomic mass is 10.2. The highest BCUT2D eigenvalue weighted by molar-refractivity contribution is 6.34. The van der Waals surface area contributed by atoms with Crippen molar-refractivity contribution in [2.75, 3.05) is 16.8 Å². The monoisotopic (exact) mass is 286 g/mol. The molecule has 4 nitrogen and oxygen atoms in total. The topological polar surface area (TPSA) is 49.4 Å². The molecule has 0 aliphatic carbocycles. The molecule has 1 aromatic carbocycles. The molecule has 1 unspecified atom stereocenters. The third kappa shape index (κ3) is 2.76. The zero-order chi connectivity index (χ0) is 13.3. The first-order valence-electron chi connectivity index (χ1n) is 5.49. The van der Waals surface area contributed by atoms with Crippen LogP contribution < -0.4 is 10.2 Å². The van der Waals surface area contributed by atoms with Crippen LogP contribution >= 0.6 is 23.2 Å². The summed E-state index contributed by atoms with van der Waals surface area (Å²) >= 11 is 12.0. The van der Waals surface area contributed by atoms with Crippen LogP contribution in [0.1, 0.15) is 13.3 Å². The van der Waals surface area contributed by atoms with Gasteiger partial charge in [-0.1, -0.05) is 11.6 Å². The Balaban J connectivity index is 2.31. The minimum absolute atomic E-state index is 0.0584. The highest BCUT2D eigenvalue weighted by atomic mass is 35.5. The Labute approximate surface area is 115 Å². The van der Waals surface area contributed by atoms with Gasteiger partial charge in [0.15, 0.2) is 0 Å². The molecule has 1 aliphatic heterocycles. The highest BCUT2D eigenvalue weighted by Gasteiger charge is 2.30. The van der Waals surface area contributed by atoms with Gasteiger partial charge in [-0.2, -0.15) is 0 Å². The van der Waals surface area contributed by atoms with E-state index in [-0.39, 0.29) is 17.2 Å². The van der Waals surface area contributed by atoms with Gasteiger partial charge in [-0.25, -0.2) is 0 Å². The maximum Gasteiger partial charge on any atom is 0.228 e. The van der Waals surface area contributed by atoms with Crippen molar-refractivity contribution in [1.29, 1.82) is 0 Å². The lowest BCUT2D eigenvalue weighted by Gasteiger charge is -2.18. The van der Waals surface area contributed by atoms with Crippen molar-refractivity contribution in [3.8, 4) is 0 Å². The molecule has 0 radical (unpaired) electrons. The molecule has 1 atom stereocenters. The number of benzene rings is 1. The van der Waals surface area contributed by atoms with Crippen molar-refractivity contribution in [2.45, 2.75) is 18.7 Å². The molecule has 2 rings (SSSR count). The van der Waals surface area contributed by atoms with E-state index in [4.69, 9.17) is 23.2 Å². The van der Waals surface area contributed by atoms with E-state index in [0.29, 0.717) is 29.4 Å². The van der Waals surface area contributed by atoms with Gasteiger partial charge >= 0.3 is 0 Å². The van der Waals surface area contributed by atoms with Crippen molar-refractivity contribution in [1.82, 2.24) is 0 Å². The van der Waals surface area contributed by atoms with Gasteiger partial charge in [-0.15, -0.1) is 11.6 Å². The Morgan fingerprint density at radius 3 is 2.78 bits per heavy atom. The fourth-order valence-electron chi connectivity index (χ4n) is 1.90. The van der Waals surface area contributed by atoms with Gasteiger partial charge in [0.25, 0.3) is 0 Å². The third-order valence-corrected chi connectivity index (χ3v) is 3.25. The Bertz CT molecular complexity index is 505. The Morgan fingerprint density at radius 2 is 2.22 bits per heavy atom. The second kappa shape index (κ2) is 5.16. The molecule has 2 amide bonds. The molecule has 0 saturated carbocycles. The van der Waals surface area contributed by atoms with Crippen molar-refractivity contribution in [2.24, 2.45) is 0 Å². The van der Waals surface area contributed by atoms with Crippen LogP contribution in [0.2, 0.25) is 5.02 Å². The van der Waals surface area contributed by atoms with E-state index >= 15 is 0 Å². The molecule has 0 spiro atoms. The quantitative estimate of drug-likeness (QED) is 0.850. The van der Waals surface area contributed by atoms with Gasteiger partial charge < -0.3 is 10.2 Å².